The summed E-state index contributed by atoms with van der Waals surface area (Å²) in [6, 6.07) is 1.65. The molecule has 170 valence electrons. The number of hydrogen-bond donors (Lipinski definition) is 2. The molecule has 3 aromatic rings. The van der Waals surface area contributed by atoms with Crippen LogP contribution in [0.5, 0.6) is 0 Å². The van der Waals surface area contributed by atoms with E-state index in [1.165, 1.54) is 10.7 Å². The number of nitrogens with zero attached hydrogens (tertiary/aromatic N) is 5. The highest BCUT2D eigenvalue weighted by molar-refractivity contribution is 5.93. The summed E-state index contributed by atoms with van der Waals surface area (Å²) in [5, 5.41) is 16.8. The van der Waals surface area contributed by atoms with Gasteiger partial charge in [0, 0.05) is 18.9 Å². The molecule has 32 heavy (non-hydrogen) atoms. The Morgan fingerprint density at radius 3 is 2.75 bits per heavy atom. The third-order valence-electron chi connectivity index (χ3n) is 5.09. The van der Waals surface area contributed by atoms with Crippen LogP contribution < -0.4 is 10.6 Å². The Balaban J connectivity index is 1.33. The molecule has 0 spiro atoms. The van der Waals surface area contributed by atoms with Crippen LogP contribution in [0.25, 0.3) is 5.65 Å². The highest BCUT2D eigenvalue weighted by Crippen LogP contribution is 2.40. The standard InChI is InChI=1S/C19H20F3N7O3/c1-10(19(20,21)22)4-15(30)23-6-11-5-14-26-13(9-29(14)25-7-11)8-24-18(31)17-16(12-2-3-12)27-32-28-17/h5,7,9-10,12H,2-4,6,8H2,1H3,(H,23,30)(H,24,31). The Bertz CT molecular complexity index is 1140. The van der Waals surface area contributed by atoms with Gasteiger partial charge < -0.3 is 10.6 Å². The predicted molar refractivity (Wildman–Crippen MR) is 102 cm³/mol. The van der Waals surface area contributed by atoms with E-state index in [4.69, 9.17) is 0 Å². The molecule has 1 aliphatic carbocycles. The minimum Gasteiger partial charge on any atom is -0.352 e. The van der Waals surface area contributed by atoms with Crippen molar-refractivity contribution in [2.75, 3.05) is 0 Å². The molecule has 0 aliphatic heterocycles. The summed E-state index contributed by atoms with van der Waals surface area (Å²) in [4.78, 5) is 28.5. The lowest BCUT2D eigenvalue weighted by Gasteiger charge is -2.14. The van der Waals surface area contributed by atoms with Crippen LogP contribution >= 0.6 is 0 Å². The number of carbonyl (C=O) groups is 2. The first-order valence-electron chi connectivity index (χ1n) is 9.98. The van der Waals surface area contributed by atoms with E-state index in [2.05, 4.69) is 35.7 Å². The van der Waals surface area contributed by atoms with Gasteiger partial charge in [-0.1, -0.05) is 12.1 Å². The molecule has 0 aromatic carbocycles. The second-order valence-corrected chi connectivity index (χ2v) is 7.78. The molecule has 4 rings (SSSR count). The van der Waals surface area contributed by atoms with E-state index in [0.29, 0.717) is 22.6 Å². The van der Waals surface area contributed by atoms with Crippen molar-refractivity contribution in [3.63, 3.8) is 0 Å². The van der Waals surface area contributed by atoms with E-state index in [1.54, 1.807) is 12.3 Å². The first-order chi connectivity index (χ1) is 15.2. The van der Waals surface area contributed by atoms with Crippen LogP contribution in [0.2, 0.25) is 0 Å². The minimum absolute atomic E-state index is 0.0228. The van der Waals surface area contributed by atoms with Crippen LogP contribution in [-0.2, 0) is 17.9 Å². The molecule has 0 bridgehead atoms. The van der Waals surface area contributed by atoms with Crippen LogP contribution in [0.3, 0.4) is 0 Å². The molecule has 10 nitrogen and oxygen atoms in total. The number of aromatic nitrogens is 5. The smallest absolute Gasteiger partial charge is 0.352 e. The Morgan fingerprint density at radius 2 is 2.03 bits per heavy atom. The van der Waals surface area contributed by atoms with Gasteiger partial charge in [0.2, 0.25) is 5.91 Å². The quantitative estimate of drug-likeness (QED) is 0.537. The highest BCUT2D eigenvalue weighted by Gasteiger charge is 2.37. The van der Waals surface area contributed by atoms with Crippen molar-refractivity contribution in [3.8, 4) is 0 Å². The fourth-order valence-corrected chi connectivity index (χ4v) is 3.05. The zero-order chi connectivity index (χ0) is 22.9. The largest absolute Gasteiger partial charge is 0.392 e. The van der Waals surface area contributed by atoms with Gasteiger partial charge in [0.05, 0.1) is 30.6 Å². The summed E-state index contributed by atoms with van der Waals surface area (Å²) < 4.78 is 43.9. The van der Waals surface area contributed by atoms with Gasteiger partial charge in [0.25, 0.3) is 5.91 Å². The number of nitrogens with one attached hydrogen (secondary N) is 2. The SMILES string of the molecule is CC(CC(=O)NCc1cnn2cc(CNC(=O)c3nonc3C3CC3)nc2c1)C(F)(F)F. The van der Waals surface area contributed by atoms with Crippen molar-refractivity contribution in [2.45, 2.75) is 51.4 Å². The normalized spacial score (nSPS) is 15.0. The second-order valence-electron chi connectivity index (χ2n) is 7.78. The summed E-state index contributed by atoms with van der Waals surface area (Å²) in [6.45, 7) is 1.11. The molecule has 1 atom stereocenters. The molecule has 3 aromatic heterocycles. The van der Waals surface area contributed by atoms with E-state index in [9.17, 15) is 22.8 Å². The highest BCUT2D eigenvalue weighted by atomic mass is 19.4. The van der Waals surface area contributed by atoms with Crippen LogP contribution in [0.15, 0.2) is 23.1 Å². The van der Waals surface area contributed by atoms with Gasteiger partial charge in [0.1, 0.15) is 5.69 Å². The average molecular weight is 451 g/mol. The summed E-state index contributed by atoms with van der Waals surface area (Å²) in [5.74, 6) is -2.61. The third-order valence-corrected chi connectivity index (χ3v) is 5.09. The summed E-state index contributed by atoms with van der Waals surface area (Å²) in [5.41, 5.74) is 2.32. The lowest BCUT2D eigenvalue weighted by Crippen LogP contribution is -2.29. The molecule has 1 saturated carbocycles. The molecule has 2 N–H and O–H groups in total. The number of imidazole rings is 1. The monoisotopic (exact) mass is 451 g/mol. The van der Waals surface area contributed by atoms with E-state index in [1.807, 2.05) is 0 Å². The number of fused-ring (bicyclic) bond motifs is 1. The van der Waals surface area contributed by atoms with Gasteiger partial charge in [-0.2, -0.15) is 18.3 Å². The first-order valence-corrected chi connectivity index (χ1v) is 9.98. The van der Waals surface area contributed by atoms with Crippen molar-refractivity contribution in [1.82, 2.24) is 35.5 Å². The fraction of sp³-hybridized carbons (Fsp3) is 0.474. The van der Waals surface area contributed by atoms with Crippen LogP contribution in [0, 0.1) is 5.92 Å². The third kappa shape index (κ3) is 5.03. The van der Waals surface area contributed by atoms with Gasteiger partial charge in [-0.3, -0.25) is 9.59 Å². The van der Waals surface area contributed by atoms with Crippen LogP contribution in [-0.4, -0.2) is 42.9 Å². The van der Waals surface area contributed by atoms with Gasteiger partial charge in [-0.25, -0.2) is 14.1 Å². The predicted octanol–water partition coefficient (Wildman–Crippen LogP) is 2.12. The van der Waals surface area contributed by atoms with Gasteiger partial charge >= 0.3 is 6.18 Å². The summed E-state index contributed by atoms with van der Waals surface area (Å²) >= 11 is 0. The number of amides is 2. The lowest BCUT2D eigenvalue weighted by atomic mass is 10.1. The van der Waals surface area contributed by atoms with Gasteiger partial charge in [-0.05, 0) is 29.6 Å². The maximum absolute atomic E-state index is 12.6. The fourth-order valence-electron chi connectivity index (χ4n) is 3.05. The number of rotatable bonds is 8. The number of hydrogen-bond acceptors (Lipinski definition) is 7. The zero-order valence-electron chi connectivity index (χ0n) is 17.0. The first kappa shape index (κ1) is 21.7. The van der Waals surface area contributed by atoms with E-state index < -0.39 is 30.3 Å². The van der Waals surface area contributed by atoms with Crippen molar-refractivity contribution < 1.29 is 27.4 Å². The Kier molecular flexibility index (Phi) is 5.80. The van der Waals surface area contributed by atoms with Crippen molar-refractivity contribution in [1.29, 1.82) is 0 Å². The van der Waals surface area contributed by atoms with Crippen molar-refractivity contribution in [2.24, 2.45) is 5.92 Å². The molecule has 13 heteroatoms. The number of halogens is 3. The molecule has 3 heterocycles. The minimum atomic E-state index is -4.41. The topological polar surface area (TPSA) is 127 Å². The lowest BCUT2D eigenvalue weighted by molar-refractivity contribution is -0.174. The number of alkyl halides is 3. The van der Waals surface area contributed by atoms with E-state index in [0.717, 1.165) is 19.8 Å². The maximum atomic E-state index is 12.6. The molecule has 1 aliphatic rings. The molecule has 2 amide bonds. The molecule has 0 radical (unpaired) electrons. The molecule has 1 unspecified atom stereocenters. The molecule has 0 saturated heterocycles. The molecular weight excluding hydrogens is 431 g/mol. The molecular formula is C19H20F3N7O3. The van der Waals surface area contributed by atoms with Crippen molar-refractivity contribution >= 4 is 17.5 Å². The second kappa shape index (κ2) is 8.55. The van der Waals surface area contributed by atoms with Crippen LogP contribution in [0.4, 0.5) is 13.2 Å². The Hall–Kier alpha value is -3.51. The average Bonchev–Trinajstić information content (AvgIpc) is 3.31. The zero-order valence-corrected chi connectivity index (χ0v) is 17.0. The van der Waals surface area contributed by atoms with E-state index >= 15 is 0 Å². The van der Waals surface area contributed by atoms with Crippen LogP contribution in [0.1, 0.15) is 59.5 Å². The summed E-state index contributed by atoms with van der Waals surface area (Å²) in [6.07, 6.45) is -0.0359. The van der Waals surface area contributed by atoms with Gasteiger partial charge in [0.15, 0.2) is 11.3 Å². The van der Waals surface area contributed by atoms with Gasteiger partial charge in [-0.15, -0.1) is 0 Å². The van der Waals surface area contributed by atoms with Crippen molar-refractivity contribution in [3.05, 3.63) is 41.1 Å². The van der Waals surface area contributed by atoms with E-state index in [-0.39, 0.29) is 24.7 Å². The number of carbonyl (C=O) groups excluding carboxylic acids is 2. The summed E-state index contributed by atoms with van der Waals surface area (Å²) in [7, 11) is 0. The Labute approximate surface area is 179 Å². The Morgan fingerprint density at radius 1 is 1.25 bits per heavy atom. The molecule has 1 fully saturated rings. The maximum Gasteiger partial charge on any atom is 0.392 e.